The first-order valence-electron chi connectivity index (χ1n) is 10.8. The summed E-state index contributed by atoms with van der Waals surface area (Å²) in [7, 11) is 1.72. The van der Waals surface area contributed by atoms with Crippen molar-refractivity contribution in [3.63, 3.8) is 0 Å². The number of allylic oxidation sites excluding steroid dienone is 1. The minimum absolute atomic E-state index is 0.106. The lowest BCUT2D eigenvalue weighted by Crippen LogP contribution is -2.50. The van der Waals surface area contributed by atoms with E-state index in [1.54, 1.807) is 24.0 Å². The number of hydrogen-bond acceptors (Lipinski definition) is 4. The van der Waals surface area contributed by atoms with Crippen LogP contribution in [0.4, 0.5) is 0 Å². The summed E-state index contributed by atoms with van der Waals surface area (Å²) in [4.78, 5) is 4.80. The topological polar surface area (TPSA) is 42.4 Å². The van der Waals surface area contributed by atoms with E-state index in [-0.39, 0.29) is 6.10 Å². The Morgan fingerprint density at radius 1 is 1.15 bits per heavy atom. The van der Waals surface area contributed by atoms with Gasteiger partial charge in [-0.1, -0.05) is 25.5 Å². The normalized spacial score (nSPS) is 46.2. The Balaban J connectivity index is 1.45. The number of methoxy groups -OCH3 is 1. The highest BCUT2D eigenvalue weighted by Crippen LogP contribution is 2.68. The van der Waals surface area contributed by atoms with Crippen LogP contribution >= 0.6 is 11.3 Å². The van der Waals surface area contributed by atoms with E-state index in [1.807, 2.05) is 0 Å². The molecule has 4 aliphatic rings. The van der Waals surface area contributed by atoms with E-state index >= 15 is 0 Å². The highest BCUT2D eigenvalue weighted by atomic mass is 32.1. The van der Waals surface area contributed by atoms with Crippen LogP contribution in [0.2, 0.25) is 0 Å². The molecule has 3 saturated carbocycles. The number of ether oxygens (including phenoxy) is 1. The number of nitrogens with zero attached hydrogens (tertiary/aromatic N) is 1. The molecule has 0 radical (unpaired) electrons. The molecule has 0 amide bonds. The zero-order valence-corrected chi connectivity index (χ0v) is 17.7. The van der Waals surface area contributed by atoms with Crippen molar-refractivity contribution in [3.05, 3.63) is 22.0 Å². The average molecular weight is 388 g/mol. The highest BCUT2D eigenvalue weighted by molar-refractivity contribution is 7.09. The van der Waals surface area contributed by atoms with Gasteiger partial charge in [0.1, 0.15) is 5.01 Å². The number of hydrogen-bond donors (Lipinski definition) is 1. The summed E-state index contributed by atoms with van der Waals surface area (Å²) >= 11 is 1.80. The Kier molecular flexibility index (Phi) is 4.25. The number of fused-ring (bicyclic) bond motifs is 5. The molecule has 1 aromatic rings. The molecule has 7 atom stereocenters. The van der Waals surface area contributed by atoms with Gasteiger partial charge in [-0.3, -0.25) is 0 Å². The predicted molar refractivity (Wildman–Crippen MR) is 109 cm³/mol. The fraction of sp³-hybridized carbons (Fsp3) is 0.783. The van der Waals surface area contributed by atoms with Crippen LogP contribution in [-0.4, -0.2) is 23.3 Å². The van der Waals surface area contributed by atoms with Crippen molar-refractivity contribution in [1.82, 2.24) is 4.98 Å². The van der Waals surface area contributed by atoms with Crippen molar-refractivity contribution in [2.75, 3.05) is 7.11 Å². The largest absolute Gasteiger partial charge is 0.480 e. The molecular formula is C23H33NO2S. The molecule has 1 N–H and O–H groups in total. The first-order valence-corrected chi connectivity index (χ1v) is 11.7. The van der Waals surface area contributed by atoms with E-state index in [4.69, 9.17) is 9.72 Å². The van der Waals surface area contributed by atoms with E-state index in [2.05, 4.69) is 25.3 Å². The molecule has 1 heterocycles. The molecular weight excluding hydrogens is 354 g/mol. The minimum Gasteiger partial charge on any atom is -0.480 e. The van der Waals surface area contributed by atoms with Crippen LogP contribution in [0.3, 0.4) is 0 Å². The van der Waals surface area contributed by atoms with Gasteiger partial charge in [-0.05, 0) is 80.0 Å². The van der Waals surface area contributed by atoms with Gasteiger partial charge in [-0.15, -0.1) is 11.3 Å². The predicted octanol–water partition coefficient (Wildman–Crippen LogP) is 5.56. The molecule has 0 saturated heterocycles. The minimum atomic E-state index is -0.106. The fourth-order valence-corrected chi connectivity index (χ4v) is 8.64. The summed E-state index contributed by atoms with van der Waals surface area (Å²) in [5.41, 5.74) is 2.30. The zero-order chi connectivity index (χ0) is 18.8. The van der Waals surface area contributed by atoms with Crippen molar-refractivity contribution < 1.29 is 9.84 Å². The number of aromatic nitrogens is 1. The number of aliphatic hydroxyl groups is 1. The van der Waals surface area contributed by atoms with Gasteiger partial charge < -0.3 is 9.84 Å². The lowest BCUT2D eigenvalue weighted by Gasteiger charge is -2.58. The first kappa shape index (κ1) is 18.2. The summed E-state index contributed by atoms with van der Waals surface area (Å²) in [5.74, 6) is 3.84. The highest BCUT2D eigenvalue weighted by Gasteiger charge is 2.59. The number of aliphatic hydroxyl groups excluding tert-OH is 1. The fourth-order valence-electron chi connectivity index (χ4n) is 7.57. The standard InChI is InChI=1S/C23H33NO2S/c1-22-10-8-15(25)12-14(22)4-5-16-17-6-7-19(21-24-20(26-3)13-27-21)23(17,2)11-9-18(16)22/h4,13,15-19,25H,5-12H2,1-3H3. The zero-order valence-electron chi connectivity index (χ0n) is 16.9. The third-order valence-electron chi connectivity index (χ3n) is 9.09. The Morgan fingerprint density at radius 2 is 2.00 bits per heavy atom. The van der Waals surface area contributed by atoms with E-state index in [0.717, 1.165) is 36.5 Å². The summed E-state index contributed by atoms with van der Waals surface area (Å²) in [6.45, 7) is 5.08. The SMILES string of the molecule is COc1csc(C2CCC3C4CC=C5CC(O)CCC5(C)C4CCC23C)n1. The smallest absolute Gasteiger partial charge is 0.224 e. The molecule has 0 aliphatic heterocycles. The van der Waals surface area contributed by atoms with Crippen molar-refractivity contribution >= 4 is 11.3 Å². The summed E-state index contributed by atoms with van der Waals surface area (Å²) < 4.78 is 5.36. The number of rotatable bonds is 2. The summed E-state index contributed by atoms with van der Waals surface area (Å²) in [6.07, 6.45) is 12.1. The summed E-state index contributed by atoms with van der Waals surface area (Å²) in [5, 5.41) is 13.5. The van der Waals surface area contributed by atoms with Crippen LogP contribution < -0.4 is 4.74 Å². The van der Waals surface area contributed by atoms with Crippen LogP contribution in [0.25, 0.3) is 0 Å². The lowest BCUT2D eigenvalue weighted by molar-refractivity contribution is -0.0409. The molecule has 3 nitrogen and oxygen atoms in total. The van der Waals surface area contributed by atoms with E-state index in [0.29, 0.717) is 16.7 Å². The third-order valence-corrected chi connectivity index (χ3v) is 10.0. The molecule has 5 rings (SSSR count). The maximum absolute atomic E-state index is 10.2. The second-order valence-corrected chi connectivity index (χ2v) is 10.9. The van der Waals surface area contributed by atoms with Gasteiger partial charge in [-0.2, -0.15) is 0 Å². The summed E-state index contributed by atoms with van der Waals surface area (Å²) in [6, 6.07) is 0. The first-order chi connectivity index (χ1) is 13.0. The molecule has 4 heteroatoms. The van der Waals surface area contributed by atoms with Crippen LogP contribution in [0.15, 0.2) is 17.0 Å². The van der Waals surface area contributed by atoms with Crippen molar-refractivity contribution in [1.29, 1.82) is 0 Å². The Morgan fingerprint density at radius 3 is 2.78 bits per heavy atom. The van der Waals surface area contributed by atoms with Gasteiger partial charge in [0.15, 0.2) is 0 Å². The average Bonchev–Trinajstić information content (AvgIpc) is 3.25. The van der Waals surface area contributed by atoms with Crippen molar-refractivity contribution in [2.24, 2.45) is 28.6 Å². The van der Waals surface area contributed by atoms with Crippen LogP contribution in [-0.2, 0) is 0 Å². The maximum Gasteiger partial charge on any atom is 0.224 e. The third kappa shape index (κ3) is 2.58. The van der Waals surface area contributed by atoms with Gasteiger partial charge in [0.05, 0.1) is 18.6 Å². The Labute approximate surface area is 167 Å². The molecule has 1 aromatic heterocycles. The Bertz CT molecular complexity index is 757. The van der Waals surface area contributed by atoms with Crippen molar-refractivity contribution in [3.8, 4) is 5.88 Å². The molecule has 3 fully saturated rings. The molecule has 0 spiro atoms. The maximum atomic E-state index is 10.2. The molecule has 148 valence electrons. The van der Waals surface area contributed by atoms with Gasteiger partial charge in [-0.25, -0.2) is 4.98 Å². The lowest BCUT2D eigenvalue weighted by atomic mass is 9.47. The molecule has 7 unspecified atom stereocenters. The Hall–Kier alpha value is -0.870. The second kappa shape index (κ2) is 6.32. The van der Waals surface area contributed by atoms with Gasteiger partial charge >= 0.3 is 0 Å². The van der Waals surface area contributed by atoms with Crippen molar-refractivity contribution in [2.45, 2.75) is 77.2 Å². The quantitative estimate of drug-likeness (QED) is 0.676. The van der Waals surface area contributed by atoms with Gasteiger partial charge in [0.25, 0.3) is 0 Å². The van der Waals surface area contributed by atoms with E-state index < -0.39 is 0 Å². The molecule has 4 aliphatic carbocycles. The van der Waals surface area contributed by atoms with Crippen LogP contribution in [0.1, 0.15) is 76.1 Å². The molecule has 0 aromatic carbocycles. The van der Waals surface area contributed by atoms with E-state index in [1.165, 1.54) is 43.5 Å². The monoisotopic (exact) mass is 387 g/mol. The number of thiazole rings is 1. The molecule has 0 bridgehead atoms. The second-order valence-electron chi connectivity index (χ2n) is 10.1. The van der Waals surface area contributed by atoms with Gasteiger partial charge in [0.2, 0.25) is 5.88 Å². The van der Waals surface area contributed by atoms with E-state index in [9.17, 15) is 5.11 Å². The van der Waals surface area contributed by atoms with Gasteiger partial charge in [0, 0.05) is 5.92 Å². The molecule has 27 heavy (non-hydrogen) atoms. The van der Waals surface area contributed by atoms with Crippen LogP contribution in [0, 0.1) is 28.6 Å². The van der Waals surface area contributed by atoms with Crippen LogP contribution in [0.5, 0.6) is 5.88 Å².